The van der Waals surface area contributed by atoms with Crippen molar-refractivity contribution in [3.8, 4) is 34.6 Å². The number of esters is 3. The van der Waals surface area contributed by atoms with E-state index < -0.39 is 26.6 Å². The average Bonchev–Trinajstić information content (AvgIpc) is 1.59. The number of halogens is 1. The molecule has 29 heteroatoms. The smallest absolute Gasteiger partial charge is 0.306 e. The topological polar surface area (TPSA) is 301 Å². The molecule has 9 aromatic heterocycles. The van der Waals surface area contributed by atoms with E-state index in [1.165, 1.54) is 44.6 Å². The van der Waals surface area contributed by atoms with Crippen LogP contribution < -0.4 is 0 Å². The van der Waals surface area contributed by atoms with Crippen molar-refractivity contribution in [3.63, 3.8) is 0 Å². The van der Waals surface area contributed by atoms with E-state index in [2.05, 4.69) is 79.5 Å². The number of pyridine rings is 3. The van der Waals surface area contributed by atoms with Crippen LogP contribution in [-0.4, -0.2) is 183 Å². The minimum atomic E-state index is -3.71. The van der Waals surface area contributed by atoms with E-state index in [9.17, 15) is 42.3 Å². The molecule has 1 N–H and O–H groups in total. The second-order valence-electron chi connectivity index (χ2n) is 38.2. The van der Waals surface area contributed by atoms with Gasteiger partial charge in [-0.3, -0.25) is 28.8 Å². The molecule has 0 radical (unpaired) electrons. The van der Waals surface area contributed by atoms with Gasteiger partial charge in [0.05, 0.1) is 80.9 Å². The lowest BCUT2D eigenvalue weighted by Gasteiger charge is -2.33. The Kier molecular flexibility index (Phi) is 24.3. The average molecular weight is 1770 g/mol. The monoisotopic (exact) mass is 1770 g/mol. The van der Waals surface area contributed by atoms with Crippen LogP contribution in [0.2, 0.25) is 0 Å². The first-order chi connectivity index (χ1) is 59.0. The zero-order valence-electron chi connectivity index (χ0n) is 73.5. The standard InChI is InChI=1S/C32H39N5O5S.C32H39N5O4.C31H36BrN5O3/c1-32(2,3)42-27(38)14-21-8-7-13-36(18-21)31(39)23-15-24-28(26(17-23)43(5,40)41)35(4)30(34-24)25-16-22-9-6-12-33-29(22)37(25)19-20-10-11-20;1-32(2,3)41-27(39)13-21-7-6-12-36(17-21)31(40)23-14-24(19-38)28-25(15-23)34-30(35(28)4)26-16-22-8-5-11-33-29(22)37(26)18-20-9-10-20;1-31(2,3)40-26(38)13-20-7-6-12-36(17-20)30(39)22-14-23(32)27-24(15-22)34-29(35(27)4)25-16-21-8-5-11-33-28(21)37(25)18-19-9-10-19/h6,9,12,15-17,20-21H,7-8,10-11,13-14,18-19H2,1-5H3;5,8,11,14-16,20-21,38H,6-7,9-10,12-13,17-19H2,1-4H3;5,8,11,14-16,19-20H,6-7,9-10,12-13,17-18H2,1-4H3/t2*21-;20-/m000/s1. The summed E-state index contributed by atoms with van der Waals surface area (Å²) in [6.07, 6.45) is 19.9. The highest BCUT2D eigenvalue weighted by Crippen LogP contribution is 2.42. The quantitative estimate of drug-likeness (QED) is 0.0547. The molecule has 6 fully saturated rings. The number of imidazole rings is 3. The van der Waals surface area contributed by atoms with Crippen LogP contribution in [0, 0.1) is 35.5 Å². The van der Waals surface area contributed by atoms with E-state index in [0.717, 1.165) is 147 Å². The lowest BCUT2D eigenvalue weighted by Crippen LogP contribution is -2.41. The predicted molar refractivity (Wildman–Crippen MR) is 480 cm³/mol. The Bertz CT molecular complexity index is 6270. The largest absolute Gasteiger partial charge is 0.460 e. The first-order valence-electron chi connectivity index (χ1n) is 43.8. The Morgan fingerprint density at radius 2 is 0.758 bits per heavy atom. The Balaban J connectivity index is 0.000000138. The van der Waals surface area contributed by atoms with Crippen LogP contribution >= 0.6 is 15.9 Å². The number of ether oxygens (including phenoxy) is 3. The molecule has 0 bridgehead atoms. The van der Waals surface area contributed by atoms with Gasteiger partial charge in [-0.2, -0.15) is 0 Å². The molecule has 3 saturated carbocycles. The molecule has 3 aliphatic carbocycles. The van der Waals surface area contributed by atoms with Crippen LogP contribution in [0.5, 0.6) is 0 Å². The SMILES string of the molecule is Cn1c(-c2cc3cccnc3n2CC2CC2)nc2cc(C(=O)N3CCC[C@@H](CC(=O)OC(C)(C)C)C3)cc(Br)c21.Cn1c(-c2cc3cccnc3n2CC2CC2)nc2cc(C(=O)N3CCC[C@@H](CC(=O)OC(C)(C)C)C3)cc(CO)c21.Cn1c(-c2cc3cccnc3n2CC2CC2)nc2cc(C(=O)N3CCC[C@@H](CC(=O)OC(C)(C)C)C3)cc(S(C)(=O)=O)c21. The van der Waals surface area contributed by atoms with Crippen molar-refractivity contribution >= 4 is 128 Å². The molecule has 12 aromatic rings. The van der Waals surface area contributed by atoms with Gasteiger partial charge >= 0.3 is 17.9 Å². The molecule has 3 atom stereocenters. The van der Waals surface area contributed by atoms with Crippen molar-refractivity contribution in [2.24, 2.45) is 56.7 Å². The number of hydrogen-bond acceptors (Lipinski definition) is 18. The van der Waals surface area contributed by atoms with Gasteiger partial charge in [0.25, 0.3) is 17.7 Å². The fourth-order valence-electron chi connectivity index (χ4n) is 18.2. The summed E-state index contributed by atoms with van der Waals surface area (Å²) in [5, 5.41) is 13.5. The lowest BCUT2D eigenvalue weighted by atomic mass is 9.94. The summed E-state index contributed by atoms with van der Waals surface area (Å²) in [6, 6.07) is 29.0. The summed E-state index contributed by atoms with van der Waals surface area (Å²) < 4.78 is 56.3. The first-order valence-corrected chi connectivity index (χ1v) is 46.5. The first kappa shape index (κ1) is 86.9. The molecule has 18 rings (SSSR count). The molecule has 3 aromatic carbocycles. The summed E-state index contributed by atoms with van der Waals surface area (Å²) in [7, 11) is 2.10. The highest BCUT2D eigenvalue weighted by atomic mass is 79.9. The maximum Gasteiger partial charge on any atom is 0.306 e. The van der Waals surface area contributed by atoms with Crippen molar-refractivity contribution < 1.29 is 56.5 Å². The second-order valence-corrected chi connectivity index (χ2v) is 41.1. The third-order valence-corrected chi connectivity index (χ3v) is 26.0. The number of sulfone groups is 1. The van der Waals surface area contributed by atoms with Crippen LogP contribution in [0.25, 0.3) is 101 Å². The van der Waals surface area contributed by atoms with E-state index in [-0.39, 0.29) is 76.9 Å². The third-order valence-electron chi connectivity index (χ3n) is 24.3. The molecule has 3 amide bonds. The highest BCUT2D eigenvalue weighted by Gasteiger charge is 2.37. The molecule has 6 aliphatic rings. The molecular formula is C95H114BrN15O12S. The van der Waals surface area contributed by atoms with Gasteiger partial charge in [-0.25, -0.2) is 38.3 Å². The minimum Gasteiger partial charge on any atom is -0.460 e. The van der Waals surface area contributed by atoms with E-state index in [1.807, 2.05) is 157 Å². The normalized spacial score (nSPS) is 18.0. The van der Waals surface area contributed by atoms with Crippen molar-refractivity contribution in [2.75, 3.05) is 45.5 Å². The third kappa shape index (κ3) is 19.4. The van der Waals surface area contributed by atoms with Gasteiger partial charge < -0.3 is 61.4 Å². The lowest BCUT2D eigenvalue weighted by molar-refractivity contribution is -0.157. The number of fused-ring (bicyclic) bond motifs is 6. The van der Waals surface area contributed by atoms with Gasteiger partial charge in [-0.15, -0.1) is 0 Å². The summed E-state index contributed by atoms with van der Waals surface area (Å²) in [5.41, 5.74) is 10.3. The zero-order valence-corrected chi connectivity index (χ0v) is 75.9. The fourth-order valence-corrected chi connectivity index (χ4v) is 19.9. The van der Waals surface area contributed by atoms with Gasteiger partial charge in [0.1, 0.15) is 33.7 Å². The van der Waals surface area contributed by atoms with Crippen LogP contribution in [0.3, 0.4) is 0 Å². The molecule has 654 valence electrons. The second kappa shape index (κ2) is 34.7. The molecule has 3 aliphatic heterocycles. The van der Waals surface area contributed by atoms with E-state index in [4.69, 9.17) is 29.2 Å². The van der Waals surface area contributed by atoms with E-state index in [1.54, 1.807) is 23.2 Å². The van der Waals surface area contributed by atoms with E-state index in [0.29, 0.717) is 109 Å². The van der Waals surface area contributed by atoms with Crippen LogP contribution in [0.15, 0.2) is 119 Å². The maximum atomic E-state index is 13.8. The molecule has 0 spiro atoms. The van der Waals surface area contributed by atoms with Crippen molar-refractivity contribution in [1.82, 2.24) is 72.0 Å². The number of nitrogens with zero attached hydrogens (tertiary/aromatic N) is 15. The Morgan fingerprint density at radius 3 is 1.10 bits per heavy atom. The van der Waals surface area contributed by atoms with Gasteiger partial charge in [-0.05, 0) is 282 Å². The number of carbonyl (C=O) groups is 6. The molecule has 0 unspecified atom stereocenters. The number of hydrogen-bond donors (Lipinski definition) is 1. The zero-order chi connectivity index (χ0) is 87.8. The number of aliphatic hydroxyl groups excluding tert-OH is 1. The summed E-state index contributed by atoms with van der Waals surface area (Å²) in [6.45, 7) is 22.5. The molecule has 3 saturated heterocycles. The van der Waals surface area contributed by atoms with Gasteiger partial charge in [-0.1, -0.05) is 0 Å². The molecule has 124 heavy (non-hydrogen) atoms. The number of likely N-dealkylation sites (tertiary alicyclic amines) is 3. The number of amides is 3. The van der Waals surface area contributed by atoms with Crippen molar-refractivity contribution in [1.29, 1.82) is 0 Å². The van der Waals surface area contributed by atoms with Crippen LogP contribution in [0.4, 0.5) is 0 Å². The number of rotatable bonds is 20. The van der Waals surface area contributed by atoms with Crippen LogP contribution in [0.1, 0.15) is 195 Å². The Labute approximate surface area is 731 Å². The molecule has 27 nitrogen and oxygen atoms in total. The van der Waals surface area contributed by atoms with Gasteiger partial charge in [0.15, 0.2) is 27.3 Å². The van der Waals surface area contributed by atoms with Gasteiger partial charge in [0, 0.05) is 148 Å². The fraction of sp³-hybridized carbons (Fsp3) is 0.495. The maximum absolute atomic E-state index is 13.8. The van der Waals surface area contributed by atoms with E-state index >= 15 is 0 Å². The summed E-state index contributed by atoms with van der Waals surface area (Å²) in [4.78, 5) is 113. The van der Waals surface area contributed by atoms with Crippen molar-refractivity contribution in [2.45, 2.75) is 207 Å². The Morgan fingerprint density at radius 1 is 0.435 bits per heavy atom. The molecule has 12 heterocycles. The number of aryl methyl sites for hydroxylation is 3. The summed E-state index contributed by atoms with van der Waals surface area (Å²) in [5.74, 6) is 3.24. The Hall–Kier alpha value is -10.7. The predicted octanol–water partition coefficient (Wildman–Crippen LogP) is 16.4. The summed E-state index contributed by atoms with van der Waals surface area (Å²) >= 11 is 3.74. The highest BCUT2D eigenvalue weighted by molar-refractivity contribution is 9.10. The molecular weight excluding hydrogens is 1660 g/mol. The number of benzene rings is 3. The van der Waals surface area contributed by atoms with Crippen molar-refractivity contribution in [3.05, 3.63) is 136 Å². The number of aromatic nitrogens is 12. The number of aliphatic hydroxyl groups is 1. The van der Waals surface area contributed by atoms with Crippen LogP contribution in [-0.2, 0) is 85.8 Å². The van der Waals surface area contributed by atoms with Gasteiger partial charge in [0.2, 0.25) is 0 Å². The number of piperidine rings is 3. The number of carbonyl (C=O) groups excluding carboxylic acids is 6. The minimum absolute atomic E-state index is 0.0193.